The third kappa shape index (κ3) is 4.73. The van der Waals surface area contributed by atoms with Crippen LogP contribution in [0.2, 0.25) is 0 Å². The van der Waals surface area contributed by atoms with Crippen LogP contribution in [0.15, 0.2) is 61.9 Å². The van der Waals surface area contributed by atoms with E-state index in [4.69, 9.17) is 0 Å². The van der Waals surface area contributed by atoms with Crippen LogP contribution in [-0.2, 0) is 16.9 Å². The number of carbonyl (C=O) groups excluding carboxylic acids is 1. The number of aromatic nitrogens is 4. The quantitative estimate of drug-likeness (QED) is 0.614. The van der Waals surface area contributed by atoms with Gasteiger partial charge in [0.15, 0.2) is 9.84 Å². The van der Waals surface area contributed by atoms with Crippen molar-refractivity contribution >= 4 is 49.1 Å². The topological polar surface area (TPSA) is 107 Å². The summed E-state index contributed by atoms with van der Waals surface area (Å²) < 4.78 is 25.7. The number of hydrogen-bond donors (Lipinski definition) is 1. The molecule has 0 aliphatic carbocycles. The van der Waals surface area contributed by atoms with E-state index in [-0.39, 0.29) is 10.5 Å². The SMILES string of the molecule is Cn1nnnc1Sc1ccc(Br)cc1NC(=O)c1cccc(S(C)(=O)=O)c1. The van der Waals surface area contributed by atoms with Crippen LogP contribution in [0.3, 0.4) is 0 Å². The molecular formula is C16H14BrN5O3S2. The van der Waals surface area contributed by atoms with Crippen LogP contribution in [0.5, 0.6) is 0 Å². The van der Waals surface area contributed by atoms with Crippen molar-refractivity contribution in [2.45, 2.75) is 14.9 Å². The van der Waals surface area contributed by atoms with Gasteiger partial charge < -0.3 is 5.32 Å². The van der Waals surface area contributed by atoms with E-state index in [9.17, 15) is 13.2 Å². The molecule has 0 aliphatic rings. The van der Waals surface area contributed by atoms with Gasteiger partial charge in [0.2, 0.25) is 5.16 Å². The Morgan fingerprint density at radius 3 is 2.67 bits per heavy atom. The van der Waals surface area contributed by atoms with Gasteiger partial charge in [-0.2, -0.15) is 0 Å². The molecule has 3 rings (SSSR count). The number of halogens is 1. The molecule has 0 fully saturated rings. The minimum absolute atomic E-state index is 0.0872. The number of carbonyl (C=O) groups is 1. The fourth-order valence-corrected chi connectivity index (χ4v) is 3.98. The number of anilines is 1. The van der Waals surface area contributed by atoms with Gasteiger partial charge in [0.05, 0.1) is 10.6 Å². The molecule has 140 valence electrons. The maximum atomic E-state index is 12.7. The van der Waals surface area contributed by atoms with Gasteiger partial charge in [-0.1, -0.05) is 22.0 Å². The second-order valence-electron chi connectivity index (χ2n) is 5.58. The fraction of sp³-hybridized carbons (Fsp3) is 0.125. The highest BCUT2D eigenvalue weighted by atomic mass is 79.9. The first kappa shape index (κ1) is 19.5. The van der Waals surface area contributed by atoms with E-state index < -0.39 is 15.7 Å². The van der Waals surface area contributed by atoms with Crippen molar-refractivity contribution in [3.05, 3.63) is 52.5 Å². The van der Waals surface area contributed by atoms with Gasteiger partial charge in [-0.25, -0.2) is 13.1 Å². The second kappa shape index (κ2) is 7.79. The summed E-state index contributed by atoms with van der Waals surface area (Å²) in [7, 11) is -1.68. The Morgan fingerprint density at radius 1 is 1.22 bits per heavy atom. The van der Waals surface area contributed by atoms with E-state index in [0.717, 1.165) is 15.6 Å². The van der Waals surface area contributed by atoms with Crippen LogP contribution >= 0.6 is 27.7 Å². The van der Waals surface area contributed by atoms with Gasteiger partial charge in [-0.3, -0.25) is 4.79 Å². The summed E-state index contributed by atoms with van der Waals surface area (Å²) in [5.41, 5.74) is 0.793. The molecule has 27 heavy (non-hydrogen) atoms. The molecule has 0 unspecified atom stereocenters. The Labute approximate surface area is 168 Å². The van der Waals surface area contributed by atoms with Crippen molar-refractivity contribution in [2.24, 2.45) is 7.05 Å². The first-order chi connectivity index (χ1) is 12.7. The maximum Gasteiger partial charge on any atom is 0.255 e. The average Bonchev–Trinajstić information content (AvgIpc) is 3.01. The van der Waals surface area contributed by atoms with E-state index in [1.807, 2.05) is 12.1 Å². The molecule has 0 bridgehead atoms. The number of rotatable bonds is 5. The Balaban J connectivity index is 1.90. The van der Waals surface area contributed by atoms with E-state index in [1.165, 1.54) is 34.6 Å². The number of nitrogens with one attached hydrogen (secondary N) is 1. The molecule has 1 N–H and O–H groups in total. The number of aryl methyl sites for hydroxylation is 1. The van der Waals surface area contributed by atoms with Gasteiger partial charge >= 0.3 is 0 Å². The smallest absolute Gasteiger partial charge is 0.255 e. The number of benzene rings is 2. The molecule has 11 heteroatoms. The molecule has 0 radical (unpaired) electrons. The van der Waals surface area contributed by atoms with Gasteiger partial charge in [0.1, 0.15) is 0 Å². The Morgan fingerprint density at radius 2 is 2.00 bits per heavy atom. The molecule has 2 aromatic carbocycles. The summed E-state index contributed by atoms with van der Waals surface area (Å²) in [5, 5.41) is 14.7. The first-order valence-electron chi connectivity index (χ1n) is 7.55. The van der Waals surface area contributed by atoms with Crippen LogP contribution in [0.25, 0.3) is 0 Å². The summed E-state index contributed by atoms with van der Waals surface area (Å²) in [4.78, 5) is 13.5. The maximum absolute atomic E-state index is 12.7. The van der Waals surface area contributed by atoms with Crippen molar-refractivity contribution in [3.63, 3.8) is 0 Å². The summed E-state index contributed by atoms with van der Waals surface area (Å²) in [6.45, 7) is 0. The predicted octanol–water partition coefficient (Wildman–Crippen LogP) is 2.78. The van der Waals surface area contributed by atoms with E-state index in [0.29, 0.717) is 10.8 Å². The van der Waals surface area contributed by atoms with Crippen molar-refractivity contribution in [2.75, 3.05) is 11.6 Å². The number of nitrogens with zero attached hydrogens (tertiary/aromatic N) is 4. The van der Waals surface area contributed by atoms with E-state index in [2.05, 4.69) is 36.8 Å². The number of sulfone groups is 1. The van der Waals surface area contributed by atoms with Crippen LogP contribution < -0.4 is 5.32 Å². The molecule has 1 heterocycles. The van der Waals surface area contributed by atoms with Crippen LogP contribution in [-0.4, -0.2) is 40.8 Å². The molecule has 0 saturated carbocycles. The third-order valence-electron chi connectivity index (χ3n) is 3.50. The lowest BCUT2D eigenvalue weighted by Crippen LogP contribution is -2.13. The zero-order valence-corrected chi connectivity index (χ0v) is 17.5. The average molecular weight is 468 g/mol. The summed E-state index contributed by atoms with van der Waals surface area (Å²) in [6, 6.07) is 11.3. The van der Waals surface area contributed by atoms with Crippen molar-refractivity contribution in [1.29, 1.82) is 0 Å². The van der Waals surface area contributed by atoms with Crippen molar-refractivity contribution in [3.8, 4) is 0 Å². The highest BCUT2D eigenvalue weighted by Gasteiger charge is 2.15. The molecule has 1 amide bonds. The zero-order valence-electron chi connectivity index (χ0n) is 14.2. The van der Waals surface area contributed by atoms with E-state index >= 15 is 0 Å². The normalized spacial score (nSPS) is 11.4. The molecule has 0 atom stereocenters. The number of amides is 1. The largest absolute Gasteiger partial charge is 0.321 e. The van der Waals surface area contributed by atoms with Crippen LogP contribution in [0, 0.1) is 0 Å². The summed E-state index contributed by atoms with van der Waals surface area (Å²) in [5.74, 6) is -0.420. The zero-order chi connectivity index (χ0) is 19.6. The monoisotopic (exact) mass is 467 g/mol. The van der Waals surface area contributed by atoms with Crippen molar-refractivity contribution < 1.29 is 13.2 Å². The highest BCUT2D eigenvalue weighted by molar-refractivity contribution is 9.10. The lowest BCUT2D eigenvalue weighted by atomic mass is 10.2. The van der Waals surface area contributed by atoms with Gasteiger partial charge in [0, 0.05) is 28.2 Å². The first-order valence-corrected chi connectivity index (χ1v) is 11.1. The van der Waals surface area contributed by atoms with Gasteiger partial charge in [-0.05, 0) is 58.6 Å². The van der Waals surface area contributed by atoms with Crippen LogP contribution in [0.4, 0.5) is 5.69 Å². The number of tetrazole rings is 1. The van der Waals surface area contributed by atoms with Crippen LogP contribution in [0.1, 0.15) is 10.4 Å². The molecule has 0 aliphatic heterocycles. The minimum atomic E-state index is -3.40. The van der Waals surface area contributed by atoms with Gasteiger partial charge in [0.25, 0.3) is 5.91 Å². The Hall–Kier alpha value is -2.24. The number of hydrogen-bond acceptors (Lipinski definition) is 7. The summed E-state index contributed by atoms with van der Waals surface area (Å²) >= 11 is 4.68. The lowest BCUT2D eigenvalue weighted by Gasteiger charge is -2.11. The standard InChI is InChI=1S/C16H14BrN5O3S2/c1-22-16(19-20-21-22)26-14-7-6-11(17)9-13(14)18-15(23)10-4-3-5-12(8-10)27(2,24)25/h3-9H,1-2H3,(H,18,23). The minimum Gasteiger partial charge on any atom is -0.321 e. The highest BCUT2D eigenvalue weighted by Crippen LogP contribution is 2.34. The molecule has 0 spiro atoms. The molecule has 8 nitrogen and oxygen atoms in total. The predicted molar refractivity (Wildman–Crippen MR) is 105 cm³/mol. The molecule has 0 saturated heterocycles. The summed E-state index contributed by atoms with van der Waals surface area (Å²) in [6.07, 6.45) is 1.10. The molecule has 3 aromatic rings. The Kier molecular flexibility index (Phi) is 5.63. The second-order valence-corrected chi connectivity index (χ2v) is 9.52. The molecule has 1 aromatic heterocycles. The lowest BCUT2D eigenvalue weighted by molar-refractivity contribution is 0.102. The van der Waals surface area contributed by atoms with Gasteiger partial charge in [-0.15, -0.1) is 5.10 Å². The third-order valence-corrected chi connectivity index (χ3v) is 6.20. The molecular weight excluding hydrogens is 454 g/mol. The van der Waals surface area contributed by atoms with E-state index in [1.54, 1.807) is 19.2 Å². The fourth-order valence-electron chi connectivity index (χ4n) is 2.16. The Bertz CT molecular complexity index is 1110. The van der Waals surface area contributed by atoms with Crippen molar-refractivity contribution in [1.82, 2.24) is 20.2 Å².